The van der Waals surface area contributed by atoms with Crippen molar-refractivity contribution in [2.75, 3.05) is 25.6 Å². The molecule has 0 radical (unpaired) electrons. The number of nitriles is 1. The third-order valence-corrected chi connectivity index (χ3v) is 5.27. The zero-order valence-corrected chi connectivity index (χ0v) is 12.2. The number of carbonyl (C=O) groups is 1. The molecule has 1 aliphatic heterocycles. The van der Waals surface area contributed by atoms with Crippen LogP contribution in [0.15, 0.2) is 0 Å². The van der Waals surface area contributed by atoms with Crippen LogP contribution in [-0.4, -0.2) is 32.2 Å². The summed E-state index contributed by atoms with van der Waals surface area (Å²) in [4.78, 5) is 13.6. The summed E-state index contributed by atoms with van der Waals surface area (Å²) in [6, 6.07) is 2.29. The van der Waals surface area contributed by atoms with E-state index in [2.05, 4.69) is 16.7 Å². The van der Waals surface area contributed by atoms with Crippen molar-refractivity contribution in [3.63, 3.8) is 0 Å². The van der Waals surface area contributed by atoms with E-state index in [1.165, 1.54) is 4.88 Å². The van der Waals surface area contributed by atoms with Gasteiger partial charge in [0.2, 0.25) is 5.91 Å². The Bertz CT molecular complexity index is 576. The average molecular weight is 291 g/mol. The summed E-state index contributed by atoms with van der Waals surface area (Å²) in [5.74, 6) is -0.248. The van der Waals surface area contributed by atoms with Crippen LogP contribution in [0.1, 0.15) is 22.4 Å². The van der Waals surface area contributed by atoms with Crippen molar-refractivity contribution in [3.05, 3.63) is 16.0 Å². The quantitative estimate of drug-likeness (QED) is 0.880. The van der Waals surface area contributed by atoms with Crippen molar-refractivity contribution in [1.29, 1.82) is 5.26 Å². The van der Waals surface area contributed by atoms with Gasteiger partial charge in [-0.2, -0.15) is 5.26 Å². The van der Waals surface area contributed by atoms with E-state index in [9.17, 15) is 10.1 Å². The molecule has 5 nitrogen and oxygen atoms in total. The highest BCUT2D eigenvalue weighted by Gasteiger charge is 2.34. The second-order valence-corrected chi connectivity index (χ2v) is 6.31. The monoisotopic (exact) mass is 291 g/mol. The average Bonchev–Trinajstić information content (AvgIpc) is 3.12. The minimum atomic E-state index is -0.191. The topological polar surface area (TPSA) is 74.2 Å². The Morgan fingerprint density at radius 2 is 2.30 bits per heavy atom. The first-order valence-corrected chi connectivity index (χ1v) is 7.66. The molecule has 1 aromatic rings. The van der Waals surface area contributed by atoms with E-state index in [1.54, 1.807) is 11.3 Å². The smallest absolute Gasteiger partial charge is 0.232 e. The van der Waals surface area contributed by atoms with Gasteiger partial charge in [-0.3, -0.25) is 4.79 Å². The fourth-order valence-electron chi connectivity index (χ4n) is 2.91. The van der Waals surface area contributed by atoms with Gasteiger partial charge in [-0.25, -0.2) is 0 Å². The number of ether oxygens (including phenoxy) is 1. The Morgan fingerprint density at radius 3 is 3.05 bits per heavy atom. The summed E-state index contributed by atoms with van der Waals surface area (Å²) in [6.45, 7) is 0.991. The number of fused-ring (bicyclic) bond motifs is 1. The van der Waals surface area contributed by atoms with E-state index in [-0.39, 0.29) is 17.9 Å². The largest absolute Gasteiger partial charge is 0.379 e. The summed E-state index contributed by atoms with van der Waals surface area (Å²) in [5.41, 5.74) is 1.80. The Labute approximate surface area is 121 Å². The van der Waals surface area contributed by atoms with Crippen molar-refractivity contribution in [2.24, 2.45) is 5.92 Å². The number of nitrogens with zero attached hydrogens (tertiary/aromatic N) is 1. The predicted molar refractivity (Wildman–Crippen MR) is 76.8 cm³/mol. The number of anilines is 1. The molecule has 2 N–H and O–H groups in total. The first-order chi connectivity index (χ1) is 9.74. The number of thiophene rings is 1. The molecule has 106 valence electrons. The van der Waals surface area contributed by atoms with Gasteiger partial charge >= 0.3 is 0 Å². The van der Waals surface area contributed by atoms with Crippen LogP contribution in [0.3, 0.4) is 0 Å². The van der Waals surface area contributed by atoms with Crippen LogP contribution >= 0.6 is 11.3 Å². The molecule has 1 aliphatic carbocycles. The number of carbonyl (C=O) groups excluding carboxylic acids is 1. The highest BCUT2D eigenvalue weighted by Crippen LogP contribution is 2.38. The normalized spacial score (nSPS) is 24.4. The fraction of sp³-hybridized carbons (Fsp3) is 0.571. The zero-order chi connectivity index (χ0) is 14.1. The molecule has 3 rings (SSSR count). The number of hydrogen-bond acceptors (Lipinski definition) is 5. The van der Waals surface area contributed by atoms with Crippen LogP contribution in [0.2, 0.25) is 0 Å². The fourth-order valence-corrected chi connectivity index (χ4v) is 4.16. The molecule has 2 unspecified atom stereocenters. The van der Waals surface area contributed by atoms with E-state index >= 15 is 0 Å². The highest BCUT2D eigenvalue weighted by atomic mass is 32.1. The summed E-state index contributed by atoms with van der Waals surface area (Å²) < 4.78 is 5.35. The molecule has 1 fully saturated rings. The Kier molecular flexibility index (Phi) is 3.74. The Balaban J connectivity index is 1.78. The molecule has 20 heavy (non-hydrogen) atoms. The van der Waals surface area contributed by atoms with Gasteiger partial charge in [0, 0.05) is 10.9 Å². The Hall–Kier alpha value is -1.42. The number of aryl methyl sites for hydroxylation is 1. The van der Waals surface area contributed by atoms with Gasteiger partial charge < -0.3 is 15.4 Å². The van der Waals surface area contributed by atoms with E-state index in [4.69, 9.17) is 4.74 Å². The molecular formula is C14H17N3O2S. The molecule has 1 amide bonds. The molecule has 0 spiro atoms. The van der Waals surface area contributed by atoms with Crippen molar-refractivity contribution < 1.29 is 9.53 Å². The second kappa shape index (κ2) is 5.52. The minimum Gasteiger partial charge on any atom is -0.379 e. The first kappa shape index (κ1) is 13.6. The SMILES string of the molecule is CNC1COCC1C(=O)Nc1sc2c(c1C#N)CCC2. The third kappa shape index (κ3) is 2.22. The van der Waals surface area contributed by atoms with Crippen molar-refractivity contribution in [1.82, 2.24) is 5.32 Å². The highest BCUT2D eigenvalue weighted by molar-refractivity contribution is 7.16. The molecular weight excluding hydrogens is 274 g/mol. The molecule has 0 aromatic carbocycles. The maximum atomic E-state index is 12.3. The molecule has 0 bridgehead atoms. The molecule has 1 aromatic heterocycles. The number of hydrogen-bond donors (Lipinski definition) is 2. The molecule has 2 heterocycles. The number of nitrogens with one attached hydrogen (secondary N) is 2. The van der Waals surface area contributed by atoms with Crippen LogP contribution in [0.25, 0.3) is 0 Å². The van der Waals surface area contributed by atoms with Crippen LogP contribution in [0, 0.1) is 17.2 Å². The van der Waals surface area contributed by atoms with Gasteiger partial charge in [-0.15, -0.1) is 11.3 Å². The maximum Gasteiger partial charge on any atom is 0.232 e. The number of likely N-dealkylation sites (N-methyl/N-ethyl adjacent to an activating group) is 1. The van der Waals surface area contributed by atoms with Crippen LogP contribution in [0.5, 0.6) is 0 Å². The lowest BCUT2D eigenvalue weighted by atomic mass is 10.0. The van der Waals surface area contributed by atoms with Crippen LogP contribution in [0.4, 0.5) is 5.00 Å². The zero-order valence-electron chi connectivity index (χ0n) is 11.4. The van der Waals surface area contributed by atoms with Gasteiger partial charge in [0.15, 0.2) is 0 Å². The predicted octanol–water partition coefficient (Wildman–Crippen LogP) is 1.28. The van der Waals surface area contributed by atoms with Gasteiger partial charge in [-0.05, 0) is 31.9 Å². The van der Waals surface area contributed by atoms with Gasteiger partial charge in [0.1, 0.15) is 11.1 Å². The molecule has 2 aliphatic rings. The van der Waals surface area contributed by atoms with Crippen molar-refractivity contribution in [2.45, 2.75) is 25.3 Å². The van der Waals surface area contributed by atoms with E-state index in [0.717, 1.165) is 24.8 Å². The third-order valence-electron chi connectivity index (χ3n) is 4.06. The van der Waals surface area contributed by atoms with E-state index < -0.39 is 0 Å². The Morgan fingerprint density at radius 1 is 1.45 bits per heavy atom. The molecule has 6 heteroatoms. The number of rotatable bonds is 3. The first-order valence-electron chi connectivity index (χ1n) is 6.85. The van der Waals surface area contributed by atoms with Crippen molar-refractivity contribution >= 4 is 22.2 Å². The van der Waals surface area contributed by atoms with E-state index in [0.29, 0.717) is 23.8 Å². The van der Waals surface area contributed by atoms with Gasteiger partial charge in [0.05, 0.1) is 24.7 Å². The molecule has 0 saturated carbocycles. The van der Waals surface area contributed by atoms with Gasteiger partial charge in [0.25, 0.3) is 0 Å². The summed E-state index contributed by atoms with van der Waals surface area (Å²) in [6.07, 6.45) is 3.09. The lowest BCUT2D eigenvalue weighted by Gasteiger charge is -2.15. The molecule has 2 atom stereocenters. The second-order valence-electron chi connectivity index (χ2n) is 5.20. The molecule has 1 saturated heterocycles. The summed E-state index contributed by atoms with van der Waals surface area (Å²) in [7, 11) is 1.83. The minimum absolute atomic E-state index is 0.0485. The summed E-state index contributed by atoms with van der Waals surface area (Å²) >= 11 is 1.55. The standard InChI is InChI=1S/C14H17N3O2S/c1-16-11-7-19-6-10(11)13(18)17-14-9(5-15)8-3-2-4-12(8)20-14/h10-11,16H,2-4,6-7H2,1H3,(H,17,18). The van der Waals surface area contributed by atoms with Gasteiger partial charge in [-0.1, -0.05) is 0 Å². The maximum absolute atomic E-state index is 12.3. The summed E-state index contributed by atoms with van der Waals surface area (Å²) in [5, 5.41) is 16.1. The van der Waals surface area contributed by atoms with E-state index in [1.807, 2.05) is 7.05 Å². The van der Waals surface area contributed by atoms with Crippen LogP contribution < -0.4 is 10.6 Å². The lowest BCUT2D eigenvalue weighted by molar-refractivity contribution is -0.120. The lowest BCUT2D eigenvalue weighted by Crippen LogP contribution is -2.39. The number of amides is 1. The van der Waals surface area contributed by atoms with Crippen molar-refractivity contribution in [3.8, 4) is 6.07 Å². The van der Waals surface area contributed by atoms with Crippen LogP contribution in [-0.2, 0) is 22.4 Å².